The number of carbonyl (C=O) groups is 1. The van der Waals surface area contributed by atoms with Gasteiger partial charge in [0, 0.05) is 70.5 Å². The van der Waals surface area contributed by atoms with Crippen LogP contribution in [0.3, 0.4) is 0 Å². The zero-order valence-electron chi connectivity index (χ0n) is 40.6. The number of hydrogen-bond acceptors (Lipinski definition) is 13. The minimum Gasteiger partial charge on any atom is -1.00 e. The molecule has 0 aliphatic heterocycles. The predicted octanol–water partition coefficient (Wildman–Crippen LogP) is 7.98. The molecule has 0 aliphatic rings. The average molecular weight is 1040 g/mol. The fraction of sp³-hybridized carbons (Fsp3) is 0. The zero-order valence-corrected chi connectivity index (χ0v) is 45.9. The van der Waals surface area contributed by atoms with Crippen LogP contribution in [0.4, 0.5) is 55.6 Å². The molecule has 0 saturated carbocycles. The van der Waals surface area contributed by atoms with Gasteiger partial charge >= 0.3 is 103 Å². The monoisotopic (exact) mass is 1040 g/mol. The van der Waals surface area contributed by atoms with Gasteiger partial charge in [0.1, 0.15) is 28.8 Å². The van der Waals surface area contributed by atoms with Crippen molar-refractivity contribution in [3.8, 4) is 34.1 Å². The number of nitro benzene ring substituents is 3. The summed E-state index contributed by atoms with van der Waals surface area (Å²) in [6.07, 6.45) is 0. The topological polar surface area (TPSA) is 204 Å². The van der Waals surface area contributed by atoms with Crippen molar-refractivity contribution >= 4 is 57.7 Å². The van der Waals surface area contributed by atoms with Gasteiger partial charge in [0.05, 0.1) is 14.8 Å². The van der Waals surface area contributed by atoms with E-state index in [0.717, 1.165) is 69.5 Å². The standard InChI is InChI=1S/C48H34N4O6.C6H4FNO2.CH2O3.2K.H/c53-51(54)43-23-31-47(32-24-43)57-45-27-19-41(20-28-45)49(37-7-3-1-4-8-37)39-15-11-35(12-16-39)36-13-17-40(18-14-36)50(38-9-5-2-6-10-38)42-21-29-46(30-22-42)58-48-33-25-44(26-34-48)52(55)56;7-5-1-3-6(4-2-5)8(9)10;2-1-4-3;;;/h1-34H;1-4H;1,3H;;;/q;;;2*+1;-1/p-1. The summed E-state index contributed by atoms with van der Waals surface area (Å²) in [5, 5.41) is 40.5. The molecule has 0 amide bonds. The van der Waals surface area contributed by atoms with Gasteiger partial charge in [0.15, 0.2) is 0 Å². The summed E-state index contributed by atoms with van der Waals surface area (Å²) in [6, 6.07) is 69.0. The second kappa shape index (κ2) is 29.0. The van der Waals surface area contributed by atoms with Crippen molar-refractivity contribution in [1.29, 1.82) is 0 Å². The Bertz CT molecular complexity index is 3020. The third-order valence-electron chi connectivity index (χ3n) is 10.4. The van der Waals surface area contributed by atoms with Crippen LogP contribution in [0, 0.1) is 36.2 Å². The second-order valence-corrected chi connectivity index (χ2v) is 15.1. The van der Waals surface area contributed by atoms with E-state index in [9.17, 15) is 34.7 Å². The number of nitro groups is 3. The molecule has 0 aliphatic carbocycles. The van der Waals surface area contributed by atoms with Gasteiger partial charge in [-0.3, -0.25) is 35.1 Å². The molecule has 0 N–H and O–H groups in total. The Kier molecular flexibility index (Phi) is 22.7. The van der Waals surface area contributed by atoms with E-state index < -0.39 is 20.6 Å². The molecule has 0 atom stereocenters. The van der Waals surface area contributed by atoms with Crippen LogP contribution in [0.15, 0.2) is 231 Å². The predicted molar refractivity (Wildman–Crippen MR) is 269 cm³/mol. The van der Waals surface area contributed by atoms with E-state index in [1.165, 1.54) is 24.3 Å². The molecule has 0 bridgehead atoms. The van der Waals surface area contributed by atoms with E-state index in [2.05, 4.69) is 87.5 Å². The number of ether oxygens (including phenoxy) is 2. The van der Waals surface area contributed by atoms with E-state index >= 15 is 0 Å². The first-order valence-electron chi connectivity index (χ1n) is 21.6. The van der Waals surface area contributed by atoms with Crippen molar-refractivity contribution in [2.45, 2.75) is 0 Å². The molecule has 16 nitrogen and oxygen atoms in total. The molecule has 0 unspecified atom stereocenters. The molecule has 74 heavy (non-hydrogen) atoms. The molecule has 360 valence electrons. The van der Waals surface area contributed by atoms with Crippen LogP contribution < -0.4 is 127 Å². The number of nitrogens with zero attached hydrogens (tertiary/aromatic N) is 5. The molecule has 19 heteroatoms. The molecule has 0 saturated heterocycles. The Morgan fingerprint density at radius 1 is 0.378 bits per heavy atom. The summed E-state index contributed by atoms with van der Waals surface area (Å²) in [4.78, 5) is 46.2. The fourth-order valence-corrected chi connectivity index (χ4v) is 7.09. The summed E-state index contributed by atoms with van der Waals surface area (Å²) in [7, 11) is 0. The Hall–Kier alpha value is -6.99. The molecule has 9 aromatic carbocycles. The normalized spacial score (nSPS) is 9.92. The maximum absolute atomic E-state index is 12.1. The Balaban J connectivity index is 0.000000627. The smallest absolute Gasteiger partial charge is 1.00 e. The van der Waals surface area contributed by atoms with Crippen molar-refractivity contribution in [1.82, 2.24) is 0 Å². The Morgan fingerprint density at radius 3 is 0.865 bits per heavy atom. The summed E-state index contributed by atoms with van der Waals surface area (Å²) in [5.74, 6) is 1.78. The zero-order chi connectivity index (χ0) is 50.8. The SMILES string of the molecule is O=CO[O-].O=[N+]([O-])c1ccc(F)cc1.O=[N+]([O-])c1ccc(Oc2ccc(N(c3ccccc3)c3ccc(-c4ccc(N(c5ccccc5)c5ccc(Oc6ccc([N+](=O)[O-])cc6)cc5)cc4)cc3)cc2)cc1.[H-].[K+].[K+]. The van der Waals surface area contributed by atoms with Crippen LogP contribution in [-0.2, 0) is 9.68 Å². The quantitative estimate of drug-likeness (QED) is 0.0315. The number of hydrogen-bond donors (Lipinski definition) is 0. The average Bonchev–Trinajstić information content (AvgIpc) is 3.41. The van der Waals surface area contributed by atoms with Gasteiger partial charge < -0.3 is 30.8 Å². The van der Waals surface area contributed by atoms with Crippen molar-refractivity contribution in [2.24, 2.45) is 0 Å². The maximum Gasteiger partial charge on any atom is 1.00 e. The van der Waals surface area contributed by atoms with Crippen LogP contribution in [0.2, 0.25) is 0 Å². The van der Waals surface area contributed by atoms with E-state index in [4.69, 9.17) is 19.5 Å². The van der Waals surface area contributed by atoms with Crippen molar-refractivity contribution in [3.05, 3.63) is 267 Å². The summed E-state index contributed by atoms with van der Waals surface area (Å²) in [5.41, 5.74) is 7.87. The first-order valence-corrected chi connectivity index (χ1v) is 21.6. The van der Waals surface area contributed by atoms with Crippen LogP contribution in [-0.4, -0.2) is 21.2 Å². The number of anilines is 6. The van der Waals surface area contributed by atoms with Gasteiger partial charge in [-0.2, -0.15) is 0 Å². The molecular formula is C55H40FK2N5O11. The maximum atomic E-state index is 12.1. The van der Waals surface area contributed by atoms with Crippen LogP contribution in [0.5, 0.6) is 23.0 Å². The summed E-state index contributed by atoms with van der Waals surface area (Å²) >= 11 is 0. The number of halogens is 1. The van der Waals surface area contributed by atoms with E-state index in [0.29, 0.717) is 23.0 Å². The first-order chi connectivity index (χ1) is 35.0. The minimum absolute atomic E-state index is 0. The number of rotatable bonds is 15. The van der Waals surface area contributed by atoms with E-state index in [1.807, 2.05) is 84.9 Å². The van der Waals surface area contributed by atoms with Crippen LogP contribution in [0.25, 0.3) is 11.1 Å². The molecule has 9 aromatic rings. The fourth-order valence-electron chi connectivity index (χ4n) is 7.09. The van der Waals surface area contributed by atoms with Gasteiger partial charge in [-0.25, -0.2) is 4.39 Å². The van der Waals surface area contributed by atoms with E-state index in [1.54, 1.807) is 24.3 Å². The van der Waals surface area contributed by atoms with Crippen LogP contribution in [0.1, 0.15) is 1.43 Å². The van der Waals surface area contributed by atoms with Gasteiger partial charge in [-0.05, 0) is 145 Å². The number of carbonyl (C=O) groups excluding carboxylic acids is 1. The van der Waals surface area contributed by atoms with Crippen molar-refractivity contribution < 1.29 is 148 Å². The third kappa shape index (κ3) is 16.3. The van der Waals surface area contributed by atoms with Gasteiger partial charge in [-0.1, -0.05) is 60.7 Å². The molecule has 0 spiro atoms. The molecule has 0 heterocycles. The van der Waals surface area contributed by atoms with E-state index in [-0.39, 0.29) is 128 Å². The molecule has 0 fully saturated rings. The number of benzene rings is 9. The van der Waals surface area contributed by atoms with Crippen molar-refractivity contribution in [3.63, 3.8) is 0 Å². The Labute approximate surface area is 509 Å². The summed E-state index contributed by atoms with van der Waals surface area (Å²) < 4.78 is 24.1. The van der Waals surface area contributed by atoms with Gasteiger partial charge in [-0.15, -0.1) is 0 Å². The molecule has 0 radical (unpaired) electrons. The first kappa shape index (κ1) is 57.9. The summed E-state index contributed by atoms with van der Waals surface area (Å²) in [6.45, 7) is -0.181. The molecular weight excluding hydrogens is 1000 g/mol. The molecule has 0 aromatic heterocycles. The molecule has 9 rings (SSSR count). The number of para-hydroxylation sites is 2. The minimum atomic E-state index is -0.570. The largest absolute Gasteiger partial charge is 1.00 e. The second-order valence-electron chi connectivity index (χ2n) is 15.1. The van der Waals surface area contributed by atoms with Gasteiger partial charge in [0.25, 0.3) is 23.5 Å². The van der Waals surface area contributed by atoms with Gasteiger partial charge in [0.2, 0.25) is 0 Å². The third-order valence-corrected chi connectivity index (χ3v) is 10.4. The van der Waals surface area contributed by atoms with Crippen LogP contribution >= 0.6 is 0 Å². The van der Waals surface area contributed by atoms with Crippen molar-refractivity contribution in [2.75, 3.05) is 9.80 Å². The number of non-ortho nitro benzene ring substituents is 3. The Morgan fingerprint density at radius 2 is 0.608 bits per heavy atom.